The van der Waals surface area contributed by atoms with Gasteiger partial charge in [0, 0.05) is 24.0 Å². The van der Waals surface area contributed by atoms with E-state index >= 15 is 0 Å². The number of nitrogens with zero attached hydrogens (tertiary/aromatic N) is 2. The van der Waals surface area contributed by atoms with Gasteiger partial charge in [0.25, 0.3) is 0 Å². The number of hydrogen-bond acceptors (Lipinski definition) is 3. The molecule has 2 aromatic rings. The predicted molar refractivity (Wildman–Crippen MR) is 75.8 cm³/mol. The van der Waals surface area contributed by atoms with E-state index in [1.165, 1.54) is 23.2 Å². The van der Waals surface area contributed by atoms with Crippen molar-refractivity contribution in [2.45, 2.75) is 38.1 Å². The fraction of sp³-hybridized carbons (Fsp3) is 0.375. The van der Waals surface area contributed by atoms with Crippen molar-refractivity contribution in [3.05, 3.63) is 59.2 Å². The first-order valence-corrected chi connectivity index (χ1v) is 6.87. The zero-order valence-electron chi connectivity index (χ0n) is 11.2. The van der Waals surface area contributed by atoms with Gasteiger partial charge in [-0.2, -0.15) is 0 Å². The standard InChI is InChI=1S/C16H19N3/c1-11-7-9-18-14(10-11)15(17)13-6-2-4-12-5-3-8-19-16(12)13/h3,5,7-10,13,15H,2,4,6,17H2,1H3. The Labute approximate surface area is 113 Å². The lowest BCUT2D eigenvalue weighted by Gasteiger charge is -2.28. The van der Waals surface area contributed by atoms with Crippen molar-refractivity contribution >= 4 is 0 Å². The van der Waals surface area contributed by atoms with Gasteiger partial charge in [0.05, 0.1) is 11.7 Å². The molecule has 0 aromatic carbocycles. The van der Waals surface area contributed by atoms with Gasteiger partial charge < -0.3 is 5.73 Å². The van der Waals surface area contributed by atoms with E-state index in [0.717, 1.165) is 18.5 Å². The highest BCUT2D eigenvalue weighted by molar-refractivity contribution is 5.30. The van der Waals surface area contributed by atoms with Gasteiger partial charge in [0.15, 0.2) is 0 Å². The lowest BCUT2D eigenvalue weighted by molar-refractivity contribution is 0.456. The molecule has 19 heavy (non-hydrogen) atoms. The van der Waals surface area contributed by atoms with E-state index in [2.05, 4.69) is 29.0 Å². The molecule has 2 N–H and O–H groups in total. The van der Waals surface area contributed by atoms with Crippen molar-refractivity contribution in [2.75, 3.05) is 0 Å². The second kappa shape index (κ2) is 5.10. The minimum Gasteiger partial charge on any atom is -0.322 e. The number of rotatable bonds is 2. The summed E-state index contributed by atoms with van der Waals surface area (Å²) in [4.78, 5) is 9.00. The van der Waals surface area contributed by atoms with Crippen LogP contribution in [-0.4, -0.2) is 9.97 Å². The third kappa shape index (κ3) is 2.38. The second-order valence-electron chi connectivity index (χ2n) is 5.33. The monoisotopic (exact) mass is 253 g/mol. The van der Waals surface area contributed by atoms with E-state index in [4.69, 9.17) is 5.73 Å². The van der Waals surface area contributed by atoms with E-state index < -0.39 is 0 Å². The molecule has 0 aliphatic heterocycles. The zero-order valence-corrected chi connectivity index (χ0v) is 11.2. The Kier molecular flexibility index (Phi) is 3.30. The van der Waals surface area contributed by atoms with Gasteiger partial charge in [-0.1, -0.05) is 6.07 Å². The Bertz CT molecular complexity index is 580. The fourth-order valence-electron chi connectivity index (χ4n) is 2.94. The minimum atomic E-state index is -0.0613. The van der Waals surface area contributed by atoms with Crippen molar-refractivity contribution in [2.24, 2.45) is 5.73 Å². The Morgan fingerprint density at radius 2 is 2.16 bits per heavy atom. The van der Waals surface area contributed by atoms with Crippen LogP contribution in [0.2, 0.25) is 0 Å². The average Bonchev–Trinajstić information content (AvgIpc) is 2.46. The van der Waals surface area contributed by atoms with Crippen LogP contribution in [0.5, 0.6) is 0 Å². The van der Waals surface area contributed by atoms with Crippen LogP contribution in [0.15, 0.2) is 36.7 Å². The number of aryl methyl sites for hydroxylation is 2. The largest absolute Gasteiger partial charge is 0.322 e. The fourth-order valence-corrected chi connectivity index (χ4v) is 2.94. The molecule has 0 radical (unpaired) electrons. The first kappa shape index (κ1) is 12.3. The normalized spacial score (nSPS) is 19.8. The molecule has 2 unspecified atom stereocenters. The summed E-state index contributed by atoms with van der Waals surface area (Å²) in [6.07, 6.45) is 7.11. The molecule has 0 fully saturated rings. The summed E-state index contributed by atoms with van der Waals surface area (Å²) < 4.78 is 0. The molecule has 3 nitrogen and oxygen atoms in total. The van der Waals surface area contributed by atoms with E-state index in [0.29, 0.717) is 5.92 Å². The minimum absolute atomic E-state index is 0.0613. The maximum atomic E-state index is 6.45. The summed E-state index contributed by atoms with van der Waals surface area (Å²) >= 11 is 0. The highest BCUT2D eigenvalue weighted by atomic mass is 14.8. The van der Waals surface area contributed by atoms with Crippen LogP contribution in [0.25, 0.3) is 0 Å². The highest BCUT2D eigenvalue weighted by Crippen LogP contribution is 2.37. The molecule has 0 amide bonds. The number of aromatic nitrogens is 2. The number of nitrogens with two attached hydrogens (primary N) is 1. The number of pyridine rings is 2. The second-order valence-corrected chi connectivity index (χ2v) is 5.33. The summed E-state index contributed by atoms with van der Waals surface area (Å²) in [6, 6.07) is 8.21. The van der Waals surface area contributed by atoms with Crippen molar-refractivity contribution < 1.29 is 0 Å². The van der Waals surface area contributed by atoms with E-state index in [-0.39, 0.29) is 6.04 Å². The van der Waals surface area contributed by atoms with Gasteiger partial charge in [-0.05, 0) is 55.5 Å². The molecule has 98 valence electrons. The molecular formula is C16H19N3. The molecular weight excluding hydrogens is 234 g/mol. The Morgan fingerprint density at radius 1 is 1.26 bits per heavy atom. The van der Waals surface area contributed by atoms with E-state index in [1.54, 1.807) is 0 Å². The van der Waals surface area contributed by atoms with Gasteiger partial charge in [0.1, 0.15) is 0 Å². The third-order valence-electron chi connectivity index (χ3n) is 3.95. The van der Waals surface area contributed by atoms with Gasteiger partial charge in [-0.25, -0.2) is 0 Å². The van der Waals surface area contributed by atoms with Crippen molar-refractivity contribution in [1.29, 1.82) is 0 Å². The van der Waals surface area contributed by atoms with Gasteiger partial charge in [-0.3, -0.25) is 9.97 Å². The molecule has 2 heterocycles. The summed E-state index contributed by atoms with van der Waals surface area (Å²) in [5, 5.41) is 0. The summed E-state index contributed by atoms with van der Waals surface area (Å²) in [5.41, 5.74) is 11.2. The molecule has 1 aliphatic rings. The van der Waals surface area contributed by atoms with Gasteiger partial charge in [0.2, 0.25) is 0 Å². The maximum Gasteiger partial charge on any atom is 0.0580 e. The predicted octanol–water partition coefficient (Wildman–Crippen LogP) is 2.90. The Morgan fingerprint density at radius 3 is 3.00 bits per heavy atom. The van der Waals surface area contributed by atoms with Crippen LogP contribution in [0, 0.1) is 6.92 Å². The molecule has 0 saturated heterocycles. The lowest BCUT2D eigenvalue weighted by Crippen LogP contribution is -2.25. The van der Waals surface area contributed by atoms with Crippen molar-refractivity contribution in [3.8, 4) is 0 Å². The molecule has 3 heteroatoms. The quantitative estimate of drug-likeness (QED) is 0.895. The van der Waals surface area contributed by atoms with Crippen LogP contribution < -0.4 is 5.73 Å². The first-order valence-electron chi connectivity index (χ1n) is 6.87. The molecule has 2 aromatic heterocycles. The summed E-state index contributed by atoms with van der Waals surface area (Å²) in [6.45, 7) is 2.07. The van der Waals surface area contributed by atoms with Gasteiger partial charge in [-0.15, -0.1) is 0 Å². The third-order valence-corrected chi connectivity index (χ3v) is 3.95. The summed E-state index contributed by atoms with van der Waals surface area (Å²) in [7, 11) is 0. The van der Waals surface area contributed by atoms with Gasteiger partial charge >= 0.3 is 0 Å². The molecule has 1 aliphatic carbocycles. The number of fused-ring (bicyclic) bond motifs is 1. The van der Waals surface area contributed by atoms with E-state index in [1.807, 2.05) is 24.5 Å². The lowest BCUT2D eigenvalue weighted by atomic mass is 9.81. The van der Waals surface area contributed by atoms with Crippen LogP contribution in [-0.2, 0) is 6.42 Å². The Hall–Kier alpha value is -1.74. The number of hydrogen-bond donors (Lipinski definition) is 1. The SMILES string of the molecule is Cc1ccnc(C(N)C2CCCc3cccnc32)c1. The molecule has 3 rings (SSSR count). The topological polar surface area (TPSA) is 51.8 Å². The van der Waals surface area contributed by atoms with E-state index in [9.17, 15) is 0 Å². The maximum absolute atomic E-state index is 6.45. The van der Waals surface area contributed by atoms with Crippen LogP contribution in [0.4, 0.5) is 0 Å². The van der Waals surface area contributed by atoms with Crippen LogP contribution in [0.3, 0.4) is 0 Å². The molecule has 0 saturated carbocycles. The van der Waals surface area contributed by atoms with Crippen LogP contribution in [0.1, 0.15) is 47.3 Å². The molecule has 0 spiro atoms. The van der Waals surface area contributed by atoms with Crippen LogP contribution >= 0.6 is 0 Å². The molecule has 0 bridgehead atoms. The highest BCUT2D eigenvalue weighted by Gasteiger charge is 2.28. The average molecular weight is 253 g/mol. The molecule has 2 atom stereocenters. The smallest absolute Gasteiger partial charge is 0.0580 e. The first-order chi connectivity index (χ1) is 9.25. The zero-order chi connectivity index (χ0) is 13.2. The van der Waals surface area contributed by atoms with Crippen molar-refractivity contribution in [3.63, 3.8) is 0 Å². The van der Waals surface area contributed by atoms with Crippen molar-refractivity contribution in [1.82, 2.24) is 9.97 Å². The summed E-state index contributed by atoms with van der Waals surface area (Å²) in [5.74, 6) is 0.291. The Balaban J connectivity index is 1.95.